The Morgan fingerprint density at radius 1 is 0.676 bits per heavy atom. The molecule has 34 heavy (non-hydrogen) atoms. The predicted octanol–water partition coefficient (Wildman–Crippen LogP) is 8.70. The molecular weight excluding hydrogens is 424 g/mol. The molecule has 0 aromatic carbocycles. The lowest BCUT2D eigenvalue weighted by atomic mass is 10.1. The molecule has 4 nitrogen and oxygen atoms in total. The van der Waals surface area contributed by atoms with Gasteiger partial charge in [0.15, 0.2) is 0 Å². The van der Waals surface area contributed by atoms with Crippen molar-refractivity contribution in [3.63, 3.8) is 0 Å². The Balaban J connectivity index is 3.40. The fourth-order valence-electron chi connectivity index (χ4n) is 4.08. The summed E-state index contributed by atoms with van der Waals surface area (Å²) in [7, 11) is 0. The minimum absolute atomic E-state index is 0.171. The van der Waals surface area contributed by atoms with Crippen LogP contribution in [-0.2, 0) is 14.3 Å². The number of aliphatic hydroxyl groups excluding tert-OH is 1. The van der Waals surface area contributed by atoms with Gasteiger partial charge in [-0.15, -0.1) is 0 Å². The molecule has 0 fully saturated rings. The Labute approximate surface area is 212 Å². The number of aliphatic hydroxyl groups is 1. The standard InChI is InChI=1S/C30H58O4/c1-3-5-7-9-11-12-13-14-15-16-17-18-19-20-22-24-26-33-28-29(27-31)34-30(32)25-23-21-10-8-6-4-2/h14-15,29,31H,3-13,16-28H2,1-2H3/b15-14-. The van der Waals surface area contributed by atoms with Gasteiger partial charge in [-0.25, -0.2) is 0 Å². The largest absolute Gasteiger partial charge is 0.457 e. The van der Waals surface area contributed by atoms with E-state index in [9.17, 15) is 9.90 Å². The lowest BCUT2D eigenvalue weighted by Gasteiger charge is -2.15. The third-order valence-corrected chi connectivity index (χ3v) is 6.34. The van der Waals surface area contributed by atoms with E-state index >= 15 is 0 Å². The topological polar surface area (TPSA) is 55.8 Å². The molecule has 0 rings (SSSR count). The van der Waals surface area contributed by atoms with Gasteiger partial charge >= 0.3 is 5.97 Å². The summed E-state index contributed by atoms with van der Waals surface area (Å²) in [5, 5.41) is 9.43. The number of esters is 1. The van der Waals surface area contributed by atoms with Crippen molar-refractivity contribution in [3.05, 3.63) is 12.2 Å². The summed E-state index contributed by atoms with van der Waals surface area (Å²) in [5.41, 5.74) is 0. The van der Waals surface area contributed by atoms with Gasteiger partial charge in [0.2, 0.25) is 0 Å². The Morgan fingerprint density at radius 3 is 1.68 bits per heavy atom. The molecule has 0 bridgehead atoms. The zero-order valence-corrected chi connectivity index (χ0v) is 22.9. The van der Waals surface area contributed by atoms with Gasteiger partial charge in [0.1, 0.15) is 6.10 Å². The van der Waals surface area contributed by atoms with Crippen LogP contribution in [0.4, 0.5) is 0 Å². The highest BCUT2D eigenvalue weighted by Crippen LogP contribution is 2.11. The molecule has 0 amide bonds. The van der Waals surface area contributed by atoms with Gasteiger partial charge in [0, 0.05) is 13.0 Å². The molecule has 0 aromatic heterocycles. The van der Waals surface area contributed by atoms with Gasteiger partial charge in [0.25, 0.3) is 0 Å². The summed E-state index contributed by atoms with van der Waals surface area (Å²) in [4.78, 5) is 11.9. The molecule has 202 valence electrons. The Hall–Kier alpha value is -0.870. The maximum absolute atomic E-state index is 11.9. The van der Waals surface area contributed by atoms with E-state index in [-0.39, 0.29) is 12.6 Å². The van der Waals surface area contributed by atoms with E-state index in [4.69, 9.17) is 9.47 Å². The molecule has 1 atom stereocenters. The number of allylic oxidation sites excluding steroid dienone is 2. The van der Waals surface area contributed by atoms with Crippen molar-refractivity contribution >= 4 is 5.97 Å². The second-order valence-corrected chi connectivity index (χ2v) is 9.82. The van der Waals surface area contributed by atoms with Gasteiger partial charge in [-0.3, -0.25) is 4.79 Å². The number of hydrogen-bond acceptors (Lipinski definition) is 4. The first-order valence-electron chi connectivity index (χ1n) is 14.8. The Morgan fingerprint density at radius 2 is 1.15 bits per heavy atom. The van der Waals surface area contributed by atoms with Crippen LogP contribution in [0.5, 0.6) is 0 Å². The van der Waals surface area contributed by atoms with E-state index in [1.807, 2.05) is 0 Å². The third-order valence-electron chi connectivity index (χ3n) is 6.34. The second-order valence-electron chi connectivity index (χ2n) is 9.82. The van der Waals surface area contributed by atoms with Crippen molar-refractivity contribution in [2.45, 2.75) is 155 Å². The molecule has 1 unspecified atom stereocenters. The first-order chi connectivity index (χ1) is 16.7. The van der Waals surface area contributed by atoms with Crippen molar-refractivity contribution in [3.8, 4) is 0 Å². The summed E-state index contributed by atoms with van der Waals surface area (Å²) >= 11 is 0. The van der Waals surface area contributed by atoms with Crippen LogP contribution in [0, 0.1) is 0 Å². The minimum atomic E-state index is -0.526. The Kier molecular flexibility index (Phi) is 27.6. The van der Waals surface area contributed by atoms with Crippen molar-refractivity contribution in [1.82, 2.24) is 0 Å². The summed E-state index contributed by atoms with van der Waals surface area (Å²) in [6.07, 6.45) is 29.6. The molecular formula is C30H58O4. The van der Waals surface area contributed by atoms with Gasteiger partial charge < -0.3 is 14.6 Å². The molecule has 4 heteroatoms. The van der Waals surface area contributed by atoms with Crippen LogP contribution in [0.3, 0.4) is 0 Å². The molecule has 0 saturated carbocycles. The zero-order chi connectivity index (χ0) is 25.0. The lowest BCUT2D eigenvalue weighted by molar-refractivity contribution is -0.154. The summed E-state index contributed by atoms with van der Waals surface area (Å²) in [5.74, 6) is -0.213. The van der Waals surface area contributed by atoms with Crippen LogP contribution >= 0.6 is 0 Å². The molecule has 0 aromatic rings. The van der Waals surface area contributed by atoms with Gasteiger partial charge in [-0.2, -0.15) is 0 Å². The number of rotatable bonds is 27. The molecule has 0 aliphatic heterocycles. The molecule has 0 aliphatic rings. The number of unbranched alkanes of at least 4 members (excludes halogenated alkanes) is 17. The fourth-order valence-corrected chi connectivity index (χ4v) is 4.08. The van der Waals surface area contributed by atoms with E-state index in [1.165, 1.54) is 109 Å². The number of ether oxygens (including phenoxy) is 2. The van der Waals surface area contributed by atoms with E-state index < -0.39 is 6.10 Å². The zero-order valence-electron chi connectivity index (χ0n) is 22.9. The second kappa shape index (κ2) is 28.4. The number of hydrogen-bond donors (Lipinski definition) is 1. The maximum atomic E-state index is 11.9. The van der Waals surface area contributed by atoms with Crippen LogP contribution in [-0.4, -0.2) is 37.0 Å². The third kappa shape index (κ3) is 25.7. The van der Waals surface area contributed by atoms with E-state index in [0.29, 0.717) is 19.6 Å². The van der Waals surface area contributed by atoms with Crippen molar-refractivity contribution in [2.75, 3.05) is 19.8 Å². The first-order valence-corrected chi connectivity index (χ1v) is 14.8. The van der Waals surface area contributed by atoms with Crippen LogP contribution < -0.4 is 0 Å². The summed E-state index contributed by atoms with van der Waals surface area (Å²) < 4.78 is 11.0. The lowest BCUT2D eigenvalue weighted by Crippen LogP contribution is -2.27. The van der Waals surface area contributed by atoms with Crippen LogP contribution in [0.15, 0.2) is 12.2 Å². The molecule has 0 spiro atoms. The molecule has 0 radical (unpaired) electrons. The van der Waals surface area contributed by atoms with Crippen LogP contribution in [0.25, 0.3) is 0 Å². The van der Waals surface area contributed by atoms with Crippen LogP contribution in [0.1, 0.15) is 149 Å². The Bertz CT molecular complexity index is 436. The summed E-state index contributed by atoms with van der Waals surface area (Å²) in [6.45, 7) is 5.27. The average Bonchev–Trinajstić information content (AvgIpc) is 2.84. The molecule has 0 saturated heterocycles. The SMILES string of the molecule is CCCCCCCC/C=C\CCCCCCCCOCC(CO)OC(=O)CCCCCCCC. The average molecular weight is 483 g/mol. The van der Waals surface area contributed by atoms with E-state index in [0.717, 1.165) is 19.3 Å². The van der Waals surface area contributed by atoms with E-state index in [1.54, 1.807) is 0 Å². The highest BCUT2D eigenvalue weighted by atomic mass is 16.6. The quantitative estimate of drug-likeness (QED) is 0.0722. The highest BCUT2D eigenvalue weighted by molar-refractivity contribution is 5.69. The first kappa shape index (κ1) is 33.1. The molecule has 0 heterocycles. The molecule has 0 aliphatic carbocycles. The number of carbonyl (C=O) groups is 1. The molecule has 1 N–H and O–H groups in total. The van der Waals surface area contributed by atoms with Gasteiger partial charge in [-0.1, -0.05) is 116 Å². The highest BCUT2D eigenvalue weighted by Gasteiger charge is 2.13. The number of carbonyl (C=O) groups excluding carboxylic acids is 1. The maximum Gasteiger partial charge on any atom is 0.306 e. The minimum Gasteiger partial charge on any atom is -0.457 e. The van der Waals surface area contributed by atoms with Crippen LogP contribution in [0.2, 0.25) is 0 Å². The predicted molar refractivity (Wildman–Crippen MR) is 145 cm³/mol. The normalized spacial score (nSPS) is 12.4. The van der Waals surface area contributed by atoms with Crippen molar-refractivity contribution in [1.29, 1.82) is 0 Å². The van der Waals surface area contributed by atoms with Gasteiger partial charge in [-0.05, 0) is 38.5 Å². The monoisotopic (exact) mass is 482 g/mol. The smallest absolute Gasteiger partial charge is 0.306 e. The van der Waals surface area contributed by atoms with Crippen molar-refractivity contribution < 1.29 is 19.4 Å². The van der Waals surface area contributed by atoms with Gasteiger partial charge in [0.05, 0.1) is 13.2 Å². The van der Waals surface area contributed by atoms with E-state index in [2.05, 4.69) is 26.0 Å². The summed E-state index contributed by atoms with van der Waals surface area (Å²) in [6, 6.07) is 0. The van der Waals surface area contributed by atoms with Crippen molar-refractivity contribution in [2.24, 2.45) is 0 Å². The fraction of sp³-hybridized carbons (Fsp3) is 0.900.